The number of thioether (sulfide) groups is 1. The summed E-state index contributed by atoms with van der Waals surface area (Å²) in [4.78, 5) is 23.4. The Morgan fingerprint density at radius 2 is 2.08 bits per heavy atom. The zero-order valence-electron chi connectivity index (χ0n) is 12.1. The zero-order valence-corrected chi connectivity index (χ0v) is 15.3. The van der Waals surface area contributed by atoms with Crippen molar-refractivity contribution in [3.8, 4) is 0 Å². The fourth-order valence-corrected chi connectivity index (χ4v) is 3.52. The fraction of sp³-hybridized carbons (Fsp3) is 0.231. The van der Waals surface area contributed by atoms with Crippen LogP contribution in [0.2, 0.25) is 10.0 Å². The van der Waals surface area contributed by atoms with Crippen LogP contribution in [0.1, 0.15) is 17.3 Å². The van der Waals surface area contributed by atoms with Crippen molar-refractivity contribution < 1.29 is 18.7 Å². The third kappa shape index (κ3) is 5.04. The van der Waals surface area contributed by atoms with E-state index < -0.39 is 11.7 Å². The van der Waals surface area contributed by atoms with Crippen molar-refractivity contribution in [1.29, 1.82) is 0 Å². The van der Waals surface area contributed by atoms with Crippen LogP contribution in [0.25, 0.3) is 0 Å². The number of benzene rings is 1. The molecule has 0 saturated carbocycles. The first-order chi connectivity index (χ1) is 11.4. The van der Waals surface area contributed by atoms with Gasteiger partial charge in [-0.2, -0.15) is 0 Å². The second-order valence-corrected chi connectivity index (χ2v) is 7.18. The average molecular weight is 410 g/mol. The molecule has 0 aliphatic heterocycles. The summed E-state index contributed by atoms with van der Waals surface area (Å²) < 4.78 is 18.7. The lowest BCUT2D eigenvalue weighted by atomic mass is 10.2. The van der Waals surface area contributed by atoms with Crippen molar-refractivity contribution in [2.45, 2.75) is 11.3 Å². The molecule has 0 bridgehead atoms. The molecule has 1 aromatic heterocycles. The van der Waals surface area contributed by atoms with Gasteiger partial charge in [-0.25, -0.2) is 4.39 Å². The molecule has 6 nitrogen and oxygen atoms in total. The van der Waals surface area contributed by atoms with Gasteiger partial charge in [0.2, 0.25) is 5.13 Å². The number of carbonyl (C=O) groups excluding carboxylic acids is 2. The number of nitrogens with one attached hydrogen (secondary N) is 1. The summed E-state index contributed by atoms with van der Waals surface area (Å²) in [5.41, 5.74) is -0.0745. The molecule has 1 aromatic carbocycles. The maximum atomic E-state index is 13.5. The zero-order chi connectivity index (χ0) is 17.7. The molecule has 2 aromatic rings. The number of ether oxygens (including phenoxy) is 1. The Bertz CT molecular complexity index is 773. The van der Waals surface area contributed by atoms with Gasteiger partial charge in [-0.05, 0) is 19.1 Å². The topological polar surface area (TPSA) is 81.2 Å². The van der Waals surface area contributed by atoms with Gasteiger partial charge in [0.1, 0.15) is 5.82 Å². The highest BCUT2D eigenvalue weighted by atomic mass is 35.5. The van der Waals surface area contributed by atoms with E-state index in [4.69, 9.17) is 27.9 Å². The molecule has 0 radical (unpaired) electrons. The molecule has 1 amide bonds. The third-order valence-electron chi connectivity index (χ3n) is 2.50. The van der Waals surface area contributed by atoms with Crippen LogP contribution in [0.5, 0.6) is 0 Å². The highest BCUT2D eigenvalue weighted by Gasteiger charge is 2.16. The van der Waals surface area contributed by atoms with Crippen LogP contribution in [0.4, 0.5) is 9.52 Å². The predicted octanol–water partition coefficient (Wildman–Crippen LogP) is 3.89. The number of amides is 1. The van der Waals surface area contributed by atoms with Crippen LogP contribution in [0.15, 0.2) is 16.5 Å². The molecule has 0 spiro atoms. The average Bonchev–Trinajstić information content (AvgIpc) is 2.96. The molecule has 0 atom stereocenters. The van der Waals surface area contributed by atoms with Crippen LogP contribution in [-0.4, -0.2) is 34.4 Å². The van der Waals surface area contributed by atoms with Gasteiger partial charge in [0, 0.05) is 0 Å². The van der Waals surface area contributed by atoms with Crippen molar-refractivity contribution in [2.24, 2.45) is 0 Å². The third-order valence-corrected chi connectivity index (χ3v) is 5.05. The predicted molar refractivity (Wildman–Crippen MR) is 91.6 cm³/mol. The molecule has 1 heterocycles. The second kappa shape index (κ2) is 8.61. The fourth-order valence-electron chi connectivity index (χ4n) is 1.50. The molecule has 0 unspecified atom stereocenters. The molecule has 2 rings (SSSR count). The van der Waals surface area contributed by atoms with E-state index in [1.165, 1.54) is 0 Å². The van der Waals surface area contributed by atoms with Crippen molar-refractivity contribution in [2.75, 3.05) is 17.7 Å². The first-order valence-corrected chi connectivity index (χ1v) is 9.04. The van der Waals surface area contributed by atoms with Gasteiger partial charge in [-0.1, -0.05) is 46.3 Å². The van der Waals surface area contributed by atoms with Gasteiger partial charge in [0.25, 0.3) is 5.91 Å². The second-order valence-electron chi connectivity index (χ2n) is 4.17. The summed E-state index contributed by atoms with van der Waals surface area (Å²) in [6.07, 6.45) is 0. The Kier molecular flexibility index (Phi) is 6.79. The lowest BCUT2D eigenvalue weighted by Gasteiger charge is -2.05. The quantitative estimate of drug-likeness (QED) is 0.337. The van der Waals surface area contributed by atoms with E-state index in [9.17, 15) is 14.0 Å². The smallest absolute Gasteiger partial charge is 0.316 e. The molecule has 11 heteroatoms. The molecule has 0 saturated heterocycles. The first kappa shape index (κ1) is 18.9. The van der Waals surface area contributed by atoms with E-state index in [0.29, 0.717) is 10.9 Å². The number of rotatable bonds is 6. The van der Waals surface area contributed by atoms with Gasteiger partial charge >= 0.3 is 5.97 Å². The Labute approximate surface area is 154 Å². The number of hydrogen-bond acceptors (Lipinski definition) is 7. The number of aromatic nitrogens is 2. The van der Waals surface area contributed by atoms with Gasteiger partial charge in [0.05, 0.1) is 28.0 Å². The van der Waals surface area contributed by atoms with Gasteiger partial charge < -0.3 is 4.74 Å². The summed E-state index contributed by atoms with van der Waals surface area (Å²) >= 11 is 13.7. The summed E-state index contributed by atoms with van der Waals surface area (Å²) in [5, 5.41) is 10.1. The van der Waals surface area contributed by atoms with Crippen molar-refractivity contribution in [3.63, 3.8) is 0 Å². The highest BCUT2D eigenvalue weighted by molar-refractivity contribution is 8.01. The summed E-state index contributed by atoms with van der Waals surface area (Å²) in [5.74, 6) is -1.68. The maximum Gasteiger partial charge on any atom is 0.316 e. The van der Waals surface area contributed by atoms with Crippen molar-refractivity contribution in [3.05, 3.63) is 33.6 Å². The Morgan fingerprint density at radius 3 is 2.79 bits per heavy atom. The minimum atomic E-state index is -0.755. The largest absolute Gasteiger partial charge is 0.465 e. The minimum Gasteiger partial charge on any atom is -0.465 e. The normalized spacial score (nSPS) is 10.5. The standard InChI is InChI=1S/C13H10Cl2FN3O3S2/c1-2-22-10(20)5-23-13-19-18-12(24-13)17-11(21)6-3-9(16)8(15)4-7(6)14/h3-4H,2,5H2,1H3,(H,17,18,21). The SMILES string of the molecule is CCOC(=O)CSc1nnc(NC(=O)c2cc(F)c(Cl)cc2Cl)s1. The van der Waals surface area contributed by atoms with E-state index in [0.717, 1.165) is 35.2 Å². The molecular formula is C13H10Cl2FN3O3S2. The molecular weight excluding hydrogens is 400 g/mol. The van der Waals surface area contributed by atoms with Crippen LogP contribution in [0, 0.1) is 5.82 Å². The Balaban J connectivity index is 2.00. The van der Waals surface area contributed by atoms with Crippen LogP contribution >= 0.6 is 46.3 Å². The first-order valence-electron chi connectivity index (χ1n) is 6.48. The lowest BCUT2D eigenvalue weighted by Crippen LogP contribution is -2.12. The van der Waals surface area contributed by atoms with Crippen LogP contribution < -0.4 is 5.32 Å². The van der Waals surface area contributed by atoms with E-state index in [2.05, 4.69) is 15.5 Å². The summed E-state index contributed by atoms with van der Waals surface area (Å²) in [7, 11) is 0. The highest BCUT2D eigenvalue weighted by Crippen LogP contribution is 2.28. The van der Waals surface area contributed by atoms with E-state index >= 15 is 0 Å². The molecule has 0 fully saturated rings. The number of nitrogens with zero attached hydrogens (tertiary/aromatic N) is 2. The molecule has 128 valence electrons. The van der Waals surface area contributed by atoms with Crippen LogP contribution in [-0.2, 0) is 9.53 Å². The van der Waals surface area contributed by atoms with Crippen molar-refractivity contribution in [1.82, 2.24) is 10.2 Å². The number of anilines is 1. The maximum absolute atomic E-state index is 13.5. The number of halogens is 3. The molecule has 0 aliphatic carbocycles. The Hall–Kier alpha value is -1.42. The van der Waals surface area contributed by atoms with Crippen molar-refractivity contribution >= 4 is 63.3 Å². The van der Waals surface area contributed by atoms with E-state index in [-0.39, 0.29) is 32.5 Å². The minimum absolute atomic E-state index is 0.0142. The van der Waals surface area contributed by atoms with E-state index in [1.807, 2.05) is 0 Å². The molecule has 1 N–H and O–H groups in total. The van der Waals surface area contributed by atoms with Crippen LogP contribution in [0.3, 0.4) is 0 Å². The number of carbonyl (C=O) groups is 2. The lowest BCUT2D eigenvalue weighted by molar-refractivity contribution is -0.139. The molecule has 24 heavy (non-hydrogen) atoms. The monoisotopic (exact) mass is 409 g/mol. The Morgan fingerprint density at radius 1 is 1.33 bits per heavy atom. The van der Waals surface area contributed by atoms with Gasteiger partial charge in [0.15, 0.2) is 4.34 Å². The van der Waals surface area contributed by atoms with E-state index in [1.54, 1.807) is 6.92 Å². The summed E-state index contributed by atoms with van der Waals surface area (Å²) in [6, 6.07) is 2.09. The molecule has 0 aliphatic rings. The van der Waals surface area contributed by atoms with Gasteiger partial charge in [-0.3, -0.25) is 14.9 Å². The number of hydrogen-bond donors (Lipinski definition) is 1. The number of esters is 1. The van der Waals surface area contributed by atoms with Gasteiger partial charge in [-0.15, -0.1) is 10.2 Å². The summed E-state index contributed by atoms with van der Waals surface area (Å²) in [6.45, 7) is 2.01.